The topological polar surface area (TPSA) is 84.1 Å². The number of piperidine rings is 1. The van der Waals surface area contributed by atoms with Crippen LogP contribution in [0.15, 0.2) is 36.8 Å². The maximum absolute atomic E-state index is 11.8. The molecule has 1 aromatic carbocycles. The van der Waals surface area contributed by atoms with Crippen LogP contribution >= 0.6 is 0 Å². The van der Waals surface area contributed by atoms with Crippen LogP contribution < -0.4 is 4.90 Å². The molecular weight excluding hydrogens is 330 g/mol. The molecule has 1 aliphatic rings. The van der Waals surface area contributed by atoms with Crippen LogP contribution in [-0.4, -0.2) is 43.9 Å². The van der Waals surface area contributed by atoms with Gasteiger partial charge in [0.15, 0.2) is 0 Å². The molecule has 0 bridgehead atoms. The summed E-state index contributed by atoms with van der Waals surface area (Å²) in [6.07, 6.45) is 5.24. The van der Waals surface area contributed by atoms with Crippen molar-refractivity contribution in [1.82, 2.24) is 19.7 Å². The molecule has 1 fully saturated rings. The zero-order valence-electron chi connectivity index (χ0n) is 14.7. The number of nitrogens with zero attached hydrogens (tertiary/aromatic N) is 5. The second kappa shape index (κ2) is 6.74. The number of fused-ring (bicyclic) bond motifs is 1. The maximum Gasteiger partial charge on any atom is 0.339 e. The molecule has 0 aliphatic carbocycles. The molecule has 134 valence electrons. The van der Waals surface area contributed by atoms with Gasteiger partial charge in [0.05, 0.1) is 11.2 Å². The average Bonchev–Trinajstić information content (AvgIpc) is 3.16. The minimum atomic E-state index is -0.947. The smallest absolute Gasteiger partial charge is 0.339 e. The lowest BCUT2D eigenvalue weighted by molar-refractivity contribution is 0.0697. The molecule has 0 radical (unpaired) electrons. The summed E-state index contributed by atoms with van der Waals surface area (Å²) < 4.78 is 2.07. The number of benzene rings is 1. The third kappa shape index (κ3) is 2.79. The summed E-state index contributed by atoms with van der Waals surface area (Å²) >= 11 is 0. The summed E-state index contributed by atoms with van der Waals surface area (Å²) in [6.45, 7) is 4.46. The van der Waals surface area contributed by atoms with Gasteiger partial charge in [0.25, 0.3) is 0 Å². The highest BCUT2D eigenvalue weighted by Crippen LogP contribution is 2.35. The van der Waals surface area contributed by atoms with E-state index < -0.39 is 5.97 Å². The fourth-order valence-electron chi connectivity index (χ4n) is 3.84. The molecule has 3 aromatic rings. The Kier molecular flexibility index (Phi) is 4.28. The molecule has 1 N–H and O–H groups in total. The van der Waals surface area contributed by atoms with Crippen LogP contribution in [0.5, 0.6) is 0 Å². The highest BCUT2D eigenvalue weighted by atomic mass is 16.4. The van der Waals surface area contributed by atoms with Gasteiger partial charge in [-0.1, -0.05) is 18.2 Å². The van der Waals surface area contributed by atoms with E-state index in [-0.39, 0.29) is 11.5 Å². The number of carboxylic acid groups (broad SMARTS) is 1. The summed E-state index contributed by atoms with van der Waals surface area (Å²) in [4.78, 5) is 18.3. The number of rotatable bonds is 4. The maximum atomic E-state index is 11.8. The highest BCUT2D eigenvalue weighted by Gasteiger charge is 2.28. The van der Waals surface area contributed by atoms with E-state index in [1.807, 2.05) is 24.3 Å². The first-order chi connectivity index (χ1) is 12.7. The van der Waals surface area contributed by atoms with E-state index in [0.717, 1.165) is 54.9 Å². The molecule has 0 amide bonds. The Morgan fingerprint density at radius 1 is 1.35 bits per heavy atom. The van der Waals surface area contributed by atoms with E-state index >= 15 is 0 Å². The Bertz CT molecular complexity index is 952. The Hall–Kier alpha value is -2.96. The van der Waals surface area contributed by atoms with Crippen molar-refractivity contribution in [2.45, 2.75) is 32.2 Å². The van der Waals surface area contributed by atoms with Crippen LogP contribution in [0.3, 0.4) is 0 Å². The molecule has 2 aromatic heterocycles. The average molecular weight is 351 g/mol. The lowest BCUT2D eigenvalue weighted by Gasteiger charge is -2.35. The molecule has 7 nitrogen and oxygen atoms in total. The van der Waals surface area contributed by atoms with E-state index in [1.54, 1.807) is 6.33 Å². The Labute approximate surface area is 151 Å². The van der Waals surface area contributed by atoms with Crippen molar-refractivity contribution in [3.05, 3.63) is 48.2 Å². The van der Waals surface area contributed by atoms with E-state index in [0.29, 0.717) is 0 Å². The van der Waals surface area contributed by atoms with Gasteiger partial charge in [0, 0.05) is 37.1 Å². The lowest BCUT2D eigenvalue weighted by Crippen LogP contribution is -2.36. The zero-order chi connectivity index (χ0) is 18.1. The summed E-state index contributed by atoms with van der Waals surface area (Å²) in [7, 11) is 0. The van der Waals surface area contributed by atoms with Gasteiger partial charge in [-0.25, -0.2) is 4.79 Å². The third-order valence-electron chi connectivity index (χ3n) is 5.07. The summed E-state index contributed by atoms with van der Waals surface area (Å²) in [5, 5.41) is 18.9. The fourth-order valence-corrected chi connectivity index (χ4v) is 3.84. The monoisotopic (exact) mass is 351 g/mol. The molecule has 0 saturated carbocycles. The highest BCUT2D eigenvalue weighted by molar-refractivity contribution is 6.04. The van der Waals surface area contributed by atoms with Gasteiger partial charge in [-0.2, -0.15) is 0 Å². The van der Waals surface area contributed by atoms with Crippen LogP contribution in [0.1, 0.15) is 41.9 Å². The first kappa shape index (κ1) is 16.5. The molecule has 7 heteroatoms. The summed E-state index contributed by atoms with van der Waals surface area (Å²) in [5.41, 5.74) is 1.82. The molecule has 1 saturated heterocycles. The number of aromatic carboxylic acids is 1. The zero-order valence-corrected chi connectivity index (χ0v) is 14.7. The number of aryl methyl sites for hydroxylation is 1. The Morgan fingerprint density at radius 2 is 2.19 bits per heavy atom. The van der Waals surface area contributed by atoms with Crippen LogP contribution in [0.25, 0.3) is 10.9 Å². The van der Waals surface area contributed by atoms with Crippen LogP contribution in [0.4, 0.5) is 5.69 Å². The van der Waals surface area contributed by atoms with E-state index in [2.05, 4.69) is 31.6 Å². The first-order valence-corrected chi connectivity index (χ1v) is 8.92. The molecule has 1 aliphatic heterocycles. The van der Waals surface area contributed by atoms with Crippen LogP contribution in [0.2, 0.25) is 0 Å². The minimum Gasteiger partial charge on any atom is -0.478 e. The van der Waals surface area contributed by atoms with Crippen molar-refractivity contribution < 1.29 is 9.90 Å². The molecule has 26 heavy (non-hydrogen) atoms. The van der Waals surface area contributed by atoms with Gasteiger partial charge in [-0.3, -0.25) is 4.98 Å². The van der Waals surface area contributed by atoms with E-state index in [4.69, 9.17) is 0 Å². The van der Waals surface area contributed by atoms with E-state index in [1.165, 1.54) is 6.20 Å². The van der Waals surface area contributed by atoms with Gasteiger partial charge in [-0.15, -0.1) is 10.2 Å². The number of hydrogen-bond acceptors (Lipinski definition) is 5. The molecule has 0 unspecified atom stereocenters. The number of anilines is 1. The summed E-state index contributed by atoms with van der Waals surface area (Å²) in [5.74, 6) is 0.268. The van der Waals surface area contributed by atoms with Crippen LogP contribution in [0, 0.1) is 0 Å². The molecule has 3 heterocycles. The Morgan fingerprint density at radius 3 is 3.00 bits per heavy atom. The normalized spacial score (nSPS) is 17.6. The van der Waals surface area contributed by atoms with Crippen molar-refractivity contribution in [2.24, 2.45) is 0 Å². The first-order valence-electron chi connectivity index (χ1n) is 8.92. The van der Waals surface area contributed by atoms with Gasteiger partial charge in [0.1, 0.15) is 17.7 Å². The van der Waals surface area contributed by atoms with Crippen molar-refractivity contribution in [1.29, 1.82) is 0 Å². The SMILES string of the molecule is CCn1cnnc1[C@H]1CCCN(c2c(C(=O)O)cnc3ccccc23)C1. The number of hydrogen-bond donors (Lipinski definition) is 1. The number of carboxylic acids is 1. The second-order valence-corrected chi connectivity index (χ2v) is 6.60. The molecule has 1 atom stereocenters. The van der Waals surface area contributed by atoms with Crippen molar-refractivity contribution in [3.63, 3.8) is 0 Å². The van der Waals surface area contributed by atoms with Gasteiger partial charge in [-0.05, 0) is 25.8 Å². The number of carbonyl (C=O) groups is 1. The number of para-hydroxylation sites is 1. The van der Waals surface area contributed by atoms with Crippen LogP contribution in [-0.2, 0) is 6.54 Å². The largest absolute Gasteiger partial charge is 0.478 e. The van der Waals surface area contributed by atoms with Crippen molar-refractivity contribution in [2.75, 3.05) is 18.0 Å². The molecule has 4 rings (SSSR count). The molecule has 0 spiro atoms. The number of pyridine rings is 1. The predicted octanol–water partition coefficient (Wildman–Crippen LogP) is 2.93. The number of aromatic nitrogens is 4. The minimum absolute atomic E-state index is 0.236. The van der Waals surface area contributed by atoms with E-state index in [9.17, 15) is 9.90 Å². The fraction of sp³-hybridized carbons (Fsp3) is 0.368. The quantitative estimate of drug-likeness (QED) is 0.778. The van der Waals surface area contributed by atoms with Crippen molar-refractivity contribution in [3.8, 4) is 0 Å². The predicted molar refractivity (Wildman–Crippen MR) is 98.6 cm³/mol. The third-order valence-corrected chi connectivity index (χ3v) is 5.07. The van der Waals surface area contributed by atoms with Gasteiger partial charge >= 0.3 is 5.97 Å². The van der Waals surface area contributed by atoms with Gasteiger partial charge in [0.2, 0.25) is 0 Å². The Balaban J connectivity index is 1.77. The lowest BCUT2D eigenvalue weighted by atomic mass is 9.95. The molecular formula is C19H21N5O2. The standard InChI is InChI=1S/C19H21N5O2/c1-2-23-12-21-22-18(23)13-6-5-9-24(11-13)17-14-7-3-4-8-16(14)20-10-15(17)19(25)26/h3-4,7-8,10,12-13H,2,5-6,9,11H2,1H3,(H,25,26)/t13-/m0/s1. The van der Waals surface area contributed by atoms with Gasteiger partial charge < -0.3 is 14.6 Å². The summed E-state index contributed by atoms with van der Waals surface area (Å²) in [6, 6.07) is 7.71. The van der Waals surface area contributed by atoms with Crippen molar-refractivity contribution >= 4 is 22.6 Å². The second-order valence-electron chi connectivity index (χ2n) is 6.60.